The predicted octanol–water partition coefficient (Wildman–Crippen LogP) is 1.66. The third-order valence-corrected chi connectivity index (χ3v) is 2.44. The fourth-order valence-electron chi connectivity index (χ4n) is 1.44. The van der Waals surface area contributed by atoms with Crippen LogP contribution in [0.3, 0.4) is 0 Å². The molecule has 4 nitrogen and oxygen atoms in total. The van der Waals surface area contributed by atoms with Crippen LogP contribution in [-0.2, 0) is 4.79 Å². The molecule has 1 aromatic rings. The molecule has 1 aromatic carbocycles. The van der Waals surface area contributed by atoms with Crippen molar-refractivity contribution in [2.24, 2.45) is 0 Å². The average Bonchev–Trinajstić information content (AvgIpc) is 2.32. The van der Waals surface area contributed by atoms with Crippen LogP contribution < -0.4 is 10.5 Å². The van der Waals surface area contributed by atoms with Crippen LogP contribution in [0.25, 0.3) is 0 Å². The van der Waals surface area contributed by atoms with Crippen molar-refractivity contribution in [3.8, 4) is 5.75 Å². The lowest BCUT2D eigenvalue weighted by molar-refractivity contribution is -0.132. The standard InChI is InChI=1S/C12H17FN2O2/c1-3-15(4-2)12(16)8-17-11-7-9(13)5-6-10(11)14/h5-7H,3-4,8,14H2,1-2H3. The third-order valence-electron chi connectivity index (χ3n) is 2.44. The second kappa shape index (κ2) is 6.08. The van der Waals surface area contributed by atoms with Crippen molar-refractivity contribution in [1.82, 2.24) is 4.90 Å². The molecule has 0 atom stereocenters. The van der Waals surface area contributed by atoms with Gasteiger partial charge in [-0.15, -0.1) is 0 Å². The van der Waals surface area contributed by atoms with E-state index in [0.29, 0.717) is 18.8 Å². The number of rotatable bonds is 5. The molecule has 0 aromatic heterocycles. The Hall–Kier alpha value is -1.78. The molecule has 0 aliphatic carbocycles. The van der Waals surface area contributed by atoms with Crippen molar-refractivity contribution in [2.45, 2.75) is 13.8 Å². The molecule has 0 spiro atoms. The van der Waals surface area contributed by atoms with Gasteiger partial charge in [-0.3, -0.25) is 4.79 Å². The van der Waals surface area contributed by atoms with Gasteiger partial charge in [-0.2, -0.15) is 0 Å². The molecular weight excluding hydrogens is 223 g/mol. The monoisotopic (exact) mass is 240 g/mol. The van der Waals surface area contributed by atoms with Crippen molar-refractivity contribution < 1.29 is 13.9 Å². The highest BCUT2D eigenvalue weighted by Crippen LogP contribution is 2.21. The summed E-state index contributed by atoms with van der Waals surface area (Å²) in [6.45, 7) is 4.89. The Morgan fingerprint density at radius 3 is 2.65 bits per heavy atom. The van der Waals surface area contributed by atoms with Crippen molar-refractivity contribution in [3.05, 3.63) is 24.0 Å². The maximum atomic E-state index is 12.9. The SMILES string of the molecule is CCN(CC)C(=O)COc1cc(F)ccc1N. The van der Waals surface area contributed by atoms with E-state index in [1.807, 2.05) is 13.8 Å². The van der Waals surface area contributed by atoms with Crippen molar-refractivity contribution >= 4 is 11.6 Å². The molecule has 0 unspecified atom stereocenters. The van der Waals surface area contributed by atoms with Crippen LogP contribution in [0, 0.1) is 5.82 Å². The highest BCUT2D eigenvalue weighted by Gasteiger charge is 2.11. The molecule has 1 amide bonds. The minimum atomic E-state index is -0.440. The van der Waals surface area contributed by atoms with Gasteiger partial charge in [0.05, 0.1) is 5.69 Å². The first kappa shape index (κ1) is 13.3. The summed E-state index contributed by atoms with van der Waals surface area (Å²) in [5.41, 5.74) is 5.92. The summed E-state index contributed by atoms with van der Waals surface area (Å²) >= 11 is 0. The van der Waals surface area contributed by atoms with Gasteiger partial charge in [-0.05, 0) is 26.0 Å². The van der Waals surface area contributed by atoms with Gasteiger partial charge in [0.2, 0.25) is 0 Å². The van der Waals surface area contributed by atoms with Gasteiger partial charge >= 0.3 is 0 Å². The highest BCUT2D eigenvalue weighted by atomic mass is 19.1. The topological polar surface area (TPSA) is 55.6 Å². The smallest absolute Gasteiger partial charge is 0.260 e. The Kier molecular flexibility index (Phi) is 4.75. The Morgan fingerprint density at radius 1 is 1.41 bits per heavy atom. The van der Waals surface area contributed by atoms with E-state index in [0.717, 1.165) is 0 Å². The van der Waals surface area contributed by atoms with Crippen molar-refractivity contribution in [2.75, 3.05) is 25.4 Å². The number of nitrogens with two attached hydrogens (primary N) is 1. The number of ether oxygens (including phenoxy) is 1. The molecule has 0 aliphatic heterocycles. The summed E-state index contributed by atoms with van der Waals surface area (Å²) in [4.78, 5) is 13.3. The van der Waals surface area contributed by atoms with Gasteiger partial charge in [0.25, 0.3) is 5.91 Å². The number of hydrogen-bond donors (Lipinski definition) is 1. The van der Waals surface area contributed by atoms with Crippen LogP contribution in [0.5, 0.6) is 5.75 Å². The number of halogens is 1. The highest BCUT2D eigenvalue weighted by molar-refractivity contribution is 5.77. The third kappa shape index (κ3) is 3.62. The van der Waals surface area contributed by atoms with E-state index < -0.39 is 5.82 Å². The first-order chi connectivity index (χ1) is 8.08. The molecule has 0 saturated carbocycles. The van der Waals surface area contributed by atoms with Gasteiger partial charge in [0, 0.05) is 19.2 Å². The van der Waals surface area contributed by atoms with Gasteiger partial charge in [-0.25, -0.2) is 4.39 Å². The number of nitrogen functional groups attached to an aromatic ring is 1. The molecule has 17 heavy (non-hydrogen) atoms. The number of benzene rings is 1. The number of carbonyl (C=O) groups excluding carboxylic acids is 1. The second-order valence-corrected chi connectivity index (χ2v) is 3.54. The molecule has 0 aliphatic rings. The fraction of sp³-hybridized carbons (Fsp3) is 0.417. The molecule has 0 fully saturated rings. The summed E-state index contributed by atoms with van der Waals surface area (Å²) in [6, 6.07) is 3.83. The van der Waals surface area contributed by atoms with Crippen LogP contribution in [0.4, 0.5) is 10.1 Å². The Morgan fingerprint density at radius 2 is 2.06 bits per heavy atom. The lowest BCUT2D eigenvalue weighted by Crippen LogP contribution is -2.34. The van der Waals surface area contributed by atoms with E-state index in [-0.39, 0.29) is 18.3 Å². The minimum Gasteiger partial charge on any atom is -0.482 e. The summed E-state index contributed by atoms with van der Waals surface area (Å²) < 4.78 is 18.1. The summed E-state index contributed by atoms with van der Waals surface area (Å²) in [6.07, 6.45) is 0. The zero-order valence-electron chi connectivity index (χ0n) is 10.1. The predicted molar refractivity (Wildman–Crippen MR) is 64.2 cm³/mol. The number of carbonyl (C=O) groups is 1. The Labute approximate surface area is 100 Å². The lowest BCUT2D eigenvalue weighted by atomic mass is 10.3. The van der Waals surface area contributed by atoms with Crippen molar-refractivity contribution in [1.29, 1.82) is 0 Å². The van der Waals surface area contributed by atoms with E-state index in [9.17, 15) is 9.18 Å². The van der Waals surface area contributed by atoms with Crippen LogP contribution >= 0.6 is 0 Å². The fourth-order valence-corrected chi connectivity index (χ4v) is 1.44. The zero-order valence-corrected chi connectivity index (χ0v) is 10.1. The summed E-state index contributed by atoms with van der Waals surface area (Å²) in [5.74, 6) is -0.381. The Bertz CT molecular complexity index is 392. The second-order valence-electron chi connectivity index (χ2n) is 3.54. The van der Waals surface area contributed by atoms with Crippen LogP contribution in [0.15, 0.2) is 18.2 Å². The van der Waals surface area contributed by atoms with Gasteiger partial charge < -0.3 is 15.4 Å². The molecule has 1 rings (SSSR count). The van der Waals surface area contributed by atoms with E-state index in [1.165, 1.54) is 18.2 Å². The summed E-state index contributed by atoms with van der Waals surface area (Å²) in [7, 11) is 0. The number of anilines is 1. The lowest BCUT2D eigenvalue weighted by Gasteiger charge is -2.19. The molecule has 0 bridgehead atoms. The van der Waals surface area contributed by atoms with E-state index in [1.54, 1.807) is 4.90 Å². The Balaban J connectivity index is 2.61. The van der Waals surface area contributed by atoms with Crippen molar-refractivity contribution in [3.63, 3.8) is 0 Å². The maximum absolute atomic E-state index is 12.9. The minimum absolute atomic E-state index is 0.130. The van der Waals surface area contributed by atoms with Gasteiger partial charge in [0.1, 0.15) is 11.6 Å². The van der Waals surface area contributed by atoms with E-state index in [2.05, 4.69) is 0 Å². The van der Waals surface area contributed by atoms with Gasteiger partial charge in [-0.1, -0.05) is 0 Å². The van der Waals surface area contributed by atoms with Crippen LogP contribution in [-0.4, -0.2) is 30.5 Å². The summed E-state index contributed by atoms with van der Waals surface area (Å²) in [5, 5.41) is 0. The molecule has 0 radical (unpaired) electrons. The largest absolute Gasteiger partial charge is 0.482 e. The van der Waals surface area contributed by atoms with E-state index >= 15 is 0 Å². The average molecular weight is 240 g/mol. The number of hydrogen-bond acceptors (Lipinski definition) is 3. The van der Waals surface area contributed by atoms with Gasteiger partial charge in [0.15, 0.2) is 6.61 Å². The molecular formula is C12H17FN2O2. The number of nitrogens with zero attached hydrogens (tertiary/aromatic N) is 1. The molecule has 2 N–H and O–H groups in total. The molecule has 94 valence electrons. The molecule has 0 heterocycles. The maximum Gasteiger partial charge on any atom is 0.260 e. The number of amides is 1. The molecule has 5 heteroatoms. The first-order valence-corrected chi connectivity index (χ1v) is 5.54. The molecule has 0 saturated heterocycles. The quantitative estimate of drug-likeness (QED) is 0.796. The van der Waals surface area contributed by atoms with E-state index in [4.69, 9.17) is 10.5 Å². The normalized spacial score (nSPS) is 10.1. The number of likely N-dealkylation sites (N-methyl/N-ethyl adjacent to an activating group) is 1. The van der Waals surface area contributed by atoms with Crippen LogP contribution in [0.2, 0.25) is 0 Å². The first-order valence-electron chi connectivity index (χ1n) is 5.54. The van der Waals surface area contributed by atoms with Crippen LogP contribution in [0.1, 0.15) is 13.8 Å². The zero-order chi connectivity index (χ0) is 12.8.